The summed E-state index contributed by atoms with van der Waals surface area (Å²) in [5.74, 6) is 0.500. The van der Waals surface area contributed by atoms with Crippen molar-refractivity contribution in [3.05, 3.63) is 59.4 Å². The molecule has 1 aromatic carbocycles. The van der Waals surface area contributed by atoms with Crippen LogP contribution in [0.25, 0.3) is 0 Å². The molecule has 172 valence electrons. The number of rotatable bonds is 8. The molecule has 3 rings (SSSR count). The molecule has 0 aromatic heterocycles. The fraction of sp³-hybridized carbons (Fsp3) is 0.571. The van der Waals surface area contributed by atoms with Crippen molar-refractivity contribution < 1.29 is 13.9 Å². The van der Waals surface area contributed by atoms with E-state index in [1.54, 1.807) is 6.08 Å². The van der Waals surface area contributed by atoms with Gasteiger partial charge in [0.05, 0.1) is 5.92 Å². The number of benzene rings is 1. The first-order valence-corrected chi connectivity index (χ1v) is 12.3. The number of ether oxygens (including phenoxy) is 1. The van der Waals surface area contributed by atoms with Gasteiger partial charge in [-0.1, -0.05) is 43.3 Å². The Balaban J connectivity index is 1.33. The number of nitrogens with zero attached hydrogens (tertiary/aromatic N) is 1. The zero-order valence-corrected chi connectivity index (χ0v) is 19.3. The van der Waals surface area contributed by atoms with Gasteiger partial charge in [-0.15, -0.1) is 0 Å². The third-order valence-corrected chi connectivity index (χ3v) is 7.22. The molecule has 2 aliphatic carbocycles. The lowest BCUT2D eigenvalue weighted by Crippen LogP contribution is -2.29. The van der Waals surface area contributed by atoms with Gasteiger partial charge in [0.15, 0.2) is 5.83 Å². The van der Waals surface area contributed by atoms with Gasteiger partial charge in [-0.05, 0) is 99.7 Å². The van der Waals surface area contributed by atoms with Gasteiger partial charge in [-0.3, -0.25) is 4.79 Å². The third-order valence-electron chi connectivity index (χ3n) is 7.22. The lowest BCUT2D eigenvalue weighted by Gasteiger charge is -2.31. The van der Waals surface area contributed by atoms with Crippen molar-refractivity contribution in [2.45, 2.75) is 89.6 Å². The van der Waals surface area contributed by atoms with Crippen molar-refractivity contribution >= 4 is 5.97 Å². The lowest BCUT2D eigenvalue weighted by molar-refractivity contribution is -0.157. The molecule has 3 nitrogen and oxygen atoms in total. The molecule has 0 radical (unpaired) electrons. The molecule has 2 aliphatic rings. The van der Waals surface area contributed by atoms with Crippen LogP contribution in [0, 0.1) is 23.2 Å². The van der Waals surface area contributed by atoms with E-state index in [4.69, 9.17) is 10.00 Å². The molecule has 2 fully saturated rings. The Morgan fingerprint density at radius 3 is 2.41 bits per heavy atom. The number of nitriles is 1. The van der Waals surface area contributed by atoms with Gasteiger partial charge >= 0.3 is 5.97 Å². The summed E-state index contributed by atoms with van der Waals surface area (Å²) < 4.78 is 18.6. The predicted octanol–water partition coefficient (Wildman–Crippen LogP) is 7.34. The Kier molecular flexibility index (Phi) is 9.53. The minimum absolute atomic E-state index is 0.0104. The molecular formula is C28H36FNO2. The first kappa shape index (κ1) is 24.2. The number of esters is 1. The van der Waals surface area contributed by atoms with Crippen LogP contribution >= 0.6 is 0 Å². The molecule has 0 spiro atoms. The summed E-state index contributed by atoms with van der Waals surface area (Å²) in [6.07, 6.45) is 15.8. The van der Waals surface area contributed by atoms with Gasteiger partial charge < -0.3 is 4.74 Å². The van der Waals surface area contributed by atoms with Crippen LogP contribution < -0.4 is 0 Å². The molecule has 2 saturated carbocycles. The molecule has 0 atom stereocenters. The number of hydrogen-bond donors (Lipinski definition) is 0. The van der Waals surface area contributed by atoms with Crippen molar-refractivity contribution in [1.82, 2.24) is 0 Å². The maximum atomic E-state index is 12.7. The average Bonchev–Trinajstić information content (AvgIpc) is 2.84. The zero-order valence-electron chi connectivity index (χ0n) is 19.3. The summed E-state index contributed by atoms with van der Waals surface area (Å²) in [6.45, 7) is 2.18. The maximum absolute atomic E-state index is 12.7. The van der Waals surface area contributed by atoms with E-state index >= 15 is 0 Å². The van der Waals surface area contributed by atoms with Gasteiger partial charge in [-0.2, -0.15) is 9.65 Å². The van der Waals surface area contributed by atoms with Crippen molar-refractivity contribution in [3.63, 3.8) is 0 Å². The zero-order chi connectivity index (χ0) is 22.8. The van der Waals surface area contributed by atoms with E-state index in [1.165, 1.54) is 23.3 Å². The van der Waals surface area contributed by atoms with E-state index in [0.29, 0.717) is 11.8 Å². The van der Waals surface area contributed by atoms with E-state index in [9.17, 15) is 9.18 Å². The van der Waals surface area contributed by atoms with Crippen molar-refractivity contribution in [3.8, 4) is 6.07 Å². The molecule has 4 heteroatoms. The normalized spacial score (nSPS) is 26.6. The summed E-state index contributed by atoms with van der Waals surface area (Å²) in [4.78, 5) is 12.7. The van der Waals surface area contributed by atoms with Crippen LogP contribution in [0.1, 0.15) is 88.2 Å². The van der Waals surface area contributed by atoms with E-state index in [2.05, 4.69) is 31.2 Å². The van der Waals surface area contributed by atoms with Crippen LogP contribution in [-0.4, -0.2) is 12.1 Å². The fourth-order valence-corrected chi connectivity index (χ4v) is 5.10. The molecular weight excluding hydrogens is 401 g/mol. The van der Waals surface area contributed by atoms with Crippen molar-refractivity contribution in [2.75, 3.05) is 0 Å². The second kappa shape index (κ2) is 12.6. The monoisotopic (exact) mass is 437 g/mol. The largest absolute Gasteiger partial charge is 0.462 e. The Bertz CT molecular complexity index is 820. The fourth-order valence-electron chi connectivity index (χ4n) is 5.10. The second-order valence-electron chi connectivity index (χ2n) is 9.36. The number of aryl methyl sites for hydroxylation is 1. The van der Waals surface area contributed by atoms with Crippen LogP contribution in [0.2, 0.25) is 0 Å². The highest BCUT2D eigenvalue weighted by Gasteiger charge is 2.30. The SMILES string of the molecule is CCc1ccc(C2CCC(OC(=O)C3CCC(CCC=CC=C(F)C#N)CC3)CC2)cc1. The first-order chi connectivity index (χ1) is 15.6. The number of carbonyl (C=O) groups is 1. The summed E-state index contributed by atoms with van der Waals surface area (Å²) >= 11 is 0. The van der Waals surface area contributed by atoms with Crippen LogP contribution in [0.4, 0.5) is 4.39 Å². The van der Waals surface area contributed by atoms with Crippen LogP contribution in [0.3, 0.4) is 0 Å². The highest BCUT2D eigenvalue weighted by molar-refractivity contribution is 5.72. The second-order valence-corrected chi connectivity index (χ2v) is 9.36. The number of halogens is 1. The molecule has 0 unspecified atom stereocenters. The average molecular weight is 438 g/mol. The smallest absolute Gasteiger partial charge is 0.309 e. The Morgan fingerprint density at radius 1 is 1.09 bits per heavy atom. The Labute approximate surface area is 192 Å². The number of hydrogen-bond acceptors (Lipinski definition) is 3. The third kappa shape index (κ3) is 7.33. The van der Waals surface area contributed by atoms with Gasteiger partial charge in [-0.25, -0.2) is 0 Å². The van der Waals surface area contributed by atoms with Gasteiger partial charge in [0, 0.05) is 0 Å². The number of allylic oxidation sites excluding steroid dienone is 4. The van der Waals surface area contributed by atoms with Crippen LogP contribution in [-0.2, 0) is 16.0 Å². The maximum Gasteiger partial charge on any atom is 0.309 e. The molecule has 0 N–H and O–H groups in total. The Hall–Kier alpha value is -2.41. The topological polar surface area (TPSA) is 50.1 Å². The van der Waals surface area contributed by atoms with Crippen LogP contribution in [0.15, 0.2) is 48.3 Å². The van der Waals surface area contributed by atoms with E-state index in [1.807, 2.05) is 6.08 Å². The molecule has 0 amide bonds. The summed E-state index contributed by atoms with van der Waals surface area (Å²) in [5, 5.41) is 8.38. The number of carbonyl (C=O) groups excluding carboxylic acids is 1. The highest BCUT2D eigenvalue weighted by Crippen LogP contribution is 2.36. The Morgan fingerprint density at radius 2 is 1.78 bits per heavy atom. The predicted molar refractivity (Wildman–Crippen MR) is 126 cm³/mol. The van der Waals surface area contributed by atoms with Gasteiger partial charge in [0.1, 0.15) is 12.2 Å². The van der Waals surface area contributed by atoms with E-state index < -0.39 is 5.83 Å². The van der Waals surface area contributed by atoms with Crippen molar-refractivity contribution in [2.24, 2.45) is 11.8 Å². The highest BCUT2D eigenvalue weighted by atomic mass is 19.1. The lowest BCUT2D eigenvalue weighted by atomic mass is 9.79. The van der Waals surface area contributed by atoms with Crippen molar-refractivity contribution in [1.29, 1.82) is 5.26 Å². The van der Waals surface area contributed by atoms with Crippen LogP contribution in [0.5, 0.6) is 0 Å². The molecule has 32 heavy (non-hydrogen) atoms. The van der Waals surface area contributed by atoms with Gasteiger partial charge in [0.25, 0.3) is 0 Å². The molecule has 0 bridgehead atoms. The summed E-state index contributed by atoms with van der Waals surface area (Å²) in [5.41, 5.74) is 2.80. The summed E-state index contributed by atoms with van der Waals surface area (Å²) in [7, 11) is 0. The first-order valence-electron chi connectivity index (χ1n) is 12.3. The molecule has 0 aliphatic heterocycles. The summed E-state index contributed by atoms with van der Waals surface area (Å²) in [6, 6.07) is 10.5. The minimum Gasteiger partial charge on any atom is -0.462 e. The van der Waals surface area contributed by atoms with Gasteiger partial charge in [0.2, 0.25) is 0 Å². The molecule has 0 saturated heterocycles. The molecule has 0 heterocycles. The van der Waals surface area contributed by atoms with E-state index in [-0.39, 0.29) is 18.0 Å². The van der Waals surface area contributed by atoms with E-state index in [0.717, 1.165) is 70.6 Å². The minimum atomic E-state index is -0.764. The quantitative estimate of drug-likeness (QED) is 0.243. The molecule has 1 aromatic rings. The standard InChI is InChI=1S/C28H36FNO2/c1-2-21-8-12-23(13-9-21)24-16-18-27(19-17-24)32-28(31)25-14-10-22(11-15-25)6-4-3-5-7-26(29)20-30/h3,5,7-9,12-13,22,24-25,27H,2,4,6,10-11,14-19H2,1H3.